The van der Waals surface area contributed by atoms with Crippen molar-refractivity contribution < 1.29 is 14.3 Å². The molecule has 29 heavy (non-hydrogen) atoms. The number of hydrogen-bond donors (Lipinski definition) is 1. The lowest BCUT2D eigenvalue weighted by molar-refractivity contribution is -0.128. The first-order valence-electron chi connectivity index (χ1n) is 8.87. The molecule has 152 valence electrons. The topological polar surface area (TPSA) is 71.0 Å². The number of thioether (sulfide) groups is 1. The molecule has 0 spiro atoms. The van der Waals surface area contributed by atoms with Gasteiger partial charge in [0.2, 0.25) is 11.8 Å². The number of hydrogen-bond acceptors (Lipinski definition) is 5. The van der Waals surface area contributed by atoms with E-state index in [4.69, 9.17) is 27.9 Å². The van der Waals surface area contributed by atoms with E-state index in [1.807, 2.05) is 19.1 Å². The number of nitrogens with zero attached hydrogens (tertiary/aromatic N) is 2. The quantitative estimate of drug-likeness (QED) is 0.671. The largest absolute Gasteiger partial charge is 0.497 e. The molecular weight excluding hydrogens is 433 g/mol. The Morgan fingerprint density at radius 2 is 1.97 bits per heavy atom. The number of aliphatic imine (C=N–C) groups is 1. The summed E-state index contributed by atoms with van der Waals surface area (Å²) >= 11 is 13.4. The van der Waals surface area contributed by atoms with E-state index in [9.17, 15) is 9.59 Å². The standard InChI is InChI=1S/C20H19Cl2N3O3S/c1-3-25-19(27)16(11-17(26)24-15-6-4-5-14(21)18(15)22)29-20(25)23-12-7-9-13(28-2)10-8-12/h4-10,16H,3,11H2,1-2H3,(H,24,26)/t16-/m0/s1. The molecule has 1 atom stereocenters. The van der Waals surface area contributed by atoms with Gasteiger partial charge in [0.25, 0.3) is 0 Å². The molecule has 3 rings (SSSR count). The van der Waals surface area contributed by atoms with Crippen LogP contribution in [0, 0.1) is 0 Å². The predicted octanol–water partition coefficient (Wildman–Crippen LogP) is 4.98. The summed E-state index contributed by atoms with van der Waals surface area (Å²) < 4.78 is 5.14. The molecule has 1 saturated heterocycles. The third kappa shape index (κ3) is 5.04. The summed E-state index contributed by atoms with van der Waals surface area (Å²) in [5.41, 5.74) is 1.12. The monoisotopic (exact) mass is 451 g/mol. The van der Waals surface area contributed by atoms with Crippen molar-refractivity contribution in [3.8, 4) is 5.75 Å². The molecule has 0 saturated carbocycles. The molecule has 1 aliphatic heterocycles. The van der Waals surface area contributed by atoms with Crippen LogP contribution in [0.5, 0.6) is 5.75 Å². The van der Waals surface area contributed by atoms with Gasteiger partial charge in [-0.1, -0.05) is 41.0 Å². The molecule has 1 N–H and O–H groups in total. The summed E-state index contributed by atoms with van der Waals surface area (Å²) in [4.78, 5) is 31.3. The highest BCUT2D eigenvalue weighted by molar-refractivity contribution is 8.15. The van der Waals surface area contributed by atoms with Gasteiger partial charge in [-0.2, -0.15) is 0 Å². The summed E-state index contributed by atoms with van der Waals surface area (Å²) in [6.07, 6.45) is 0.00444. The molecule has 6 nitrogen and oxygen atoms in total. The van der Waals surface area contributed by atoms with E-state index in [2.05, 4.69) is 10.3 Å². The average Bonchev–Trinajstić information content (AvgIpc) is 3.00. The molecule has 1 heterocycles. The van der Waals surface area contributed by atoms with E-state index in [1.54, 1.807) is 42.3 Å². The maximum Gasteiger partial charge on any atom is 0.242 e. The van der Waals surface area contributed by atoms with Crippen LogP contribution in [0.2, 0.25) is 10.0 Å². The van der Waals surface area contributed by atoms with Gasteiger partial charge in [0.05, 0.1) is 28.5 Å². The Morgan fingerprint density at radius 3 is 2.62 bits per heavy atom. The minimum Gasteiger partial charge on any atom is -0.497 e. The third-order valence-corrected chi connectivity index (χ3v) is 6.22. The van der Waals surface area contributed by atoms with Crippen LogP contribution in [0.25, 0.3) is 0 Å². The molecule has 0 bridgehead atoms. The number of nitrogens with one attached hydrogen (secondary N) is 1. The smallest absolute Gasteiger partial charge is 0.242 e. The number of amides is 2. The third-order valence-electron chi connectivity index (χ3n) is 4.23. The number of carbonyl (C=O) groups is 2. The van der Waals surface area contributed by atoms with Gasteiger partial charge in [-0.25, -0.2) is 4.99 Å². The molecule has 0 aromatic heterocycles. The van der Waals surface area contributed by atoms with E-state index >= 15 is 0 Å². The van der Waals surface area contributed by atoms with Crippen LogP contribution < -0.4 is 10.1 Å². The zero-order valence-electron chi connectivity index (χ0n) is 15.8. The van der Waals surface area contributed by atoms with E-state index in [1.165, 1.54) is 11.8 Å². The summed E-state index contributed by atoms with van der Waals surface area (Å²) in [6.45, 7) is 2.34. The number of anilines is 1. The highest BCUT2D eigenvalue weighted by atomic mass is 35.5. The van der Waals surface area contributed by atoms with Crippen LogP contribution in [0.3, 0.4) is 0 Å². The minimum atomic E-state index is -0.551. The fourth-order valence-electron chi connectivity index (χ4n) is 2.75. The second-order valence-electron chi connectivity index (χ2n) is 6.14. The Kier molecular flexibility index (Phi) is 7.05. The Hall–Kier alpha value is -2.22. The van der Waals surface area contributed by atoms with Gasteiger partial charge < -0.3 is 10.1 Å². The Balaban J connectivity index is 1.71. The summed E-state index contributed by atoms with van der Waals surface area (Å²) in [7, 11) is 1.59. The SMILES string of the molecule is CCN1C(=O)[C@H](CC(=O)Nc2cccc(Cl)c2Cl)SC1=Nc1ccc(OC)cc1. The fraction of sp³-hybridized carbons (Fsp3) is 0.250. The number of amidine groups is 1. The van der Waals surface area contributed by atoms with Crippen molar-refractivity contribution in [3.05, 3.63) is 52.5 Å². The zero-order chi connectivity index (χ0) is 21.0. The molecule has 9 heteroatoms. The van der Waals surface area contributed by atoms with Gasteiger partial charge >= 0.3 is 0 Å². The van der Waals surface area contributed by atoms with Gasteiger partial charge in [0.15, 0.2) is 5.17 Å². The van der Waals surface area contributed by atoms with Crippen LogP contribution >= 0.6 is 35.0 Å². The molecular formula is C20H19Cl2N3O3S. The molecule has 2 amide bonds. The van der Waals surface area contributed by atoms with Crippen LogP contribution in [0.4, 0.5) is 11.4 Å². The molecule has 0 aliphatic carbocycles. The first kappa shape index (κ1) is 21.5. The van der Waals surface area contributed by atoms with Crippen molar-refractivity contribution in [3.63, 3.8) is 0 Å². The van der Waals surface area contributed by atoms with Crippen molar-refractivity contribution >= 4 is 63.3 Å². The lowest BCUT2D eigenvalue weighted by atomic mass is 10.2. The highest BCUT2D eigenvalue weighted by Gasteiger charge is 2.38. The Bertz CT molecular complexity index is 950. The summed E-state index contributed by atoms with van der Waals surface area (Å²) in [6, 6.07) is 12.2. The van der Waals surface area contributed by atoms with Crippen LogP contribution in [0.1, 0.15) is 13.3 Å². The fourth-order valence-corrected chi connectivity index (χ4v) is 4.32. The number of rotatable bonds is 6. The summed E-state index contributed by atoms with van der Waals surface area (Å²) in [5, 5.41) is 3.35. The average molecular weight is 452 g/mol. The van der Waals surface area contributed by atoms with E-state index < -0.39 is 5.25 Å². The number of carbonyl (C=O) groups excluding carboxylic acids is 2. The normalized spacial score (nSPS) is 17.7. The Morgan fingerprint density at radius 1 is 1.24 bits per heavy atom. The molecule has 1 fully saturated rings. The molecule has 1 aliphatic rings. The maximum atomic E-state index is 12.7. The van der Waals surface area contributed by atoms with Gasteiger partial charge in [0, 0.05) is 13.0 Å². The molecule has 2 aromatic carbocycles. The first-order chi connectivity index (χ1) is 13.9. The lowest BCUT2D eigenvalue weighted by Crippen LogP contribution is -2.33. The molecule has 0 radical (unpaired) electrons. The highest BCUT2D eigenvalue weighted by Crippen LogP contribution is 2.33. The number of methoxy groups -OCH3 is 1. The number of benzene rings is 2. The van der Waals surface area contributed by atoms with Gasteiger partial charge in [-0.15, -0.1) is 0 Å². The zero-order valence-corrected chi connectivity index (χ0v) is 18.1. The maximum absolute atomic E-state index is 12.7. The van der Waals surface area contributed by atoms with Crippen molar-refractivity contribution in [2.75, 3.05) is 19.0 Å². The van der Waals surface area contributed by atoms with E-state index in [0.717, 1.165) is 5.75 Å². The number of ether oxygens (including phenoxy) is 1. The van der Waals surface area contributed by atoms with Gasteiger partial charge in [-0.05, 0) is 43.3 Å². The number of halogens is 2. The van der Waals surface area contributed by atoms with Gasteiger partial charge in [0.1, 0.15) is 11.0 Å². The van der Waals surface area contributed by atoms with Crippen molar-refractivity contribution in [1.82, 2.24) is 4.90 Å². The van der Waals surface area contributed by atoms with E-state index in [-0.39, 0.29) is 23.3 Å². The molecule has 2 aromatic rings. The second kappa shape index (κ2) is 9.52. The van der Waals surface area contributed by atoms with Crippen molar-refractivity contribution in [1.29, 1.82) is 0 Å². The van der Waals surface area contributed by atoms with Crippen LogP contribution in [-0.4, -0.2) is 40.8 Å². The summed E-state index contributed by atoms with van der Waals surface area (Å²) in [5.74, 6) is 0.268. The van der Waals surface area contributed by atoms with Crippen molar-refractivity contribution in [2.24, 2.45) is 4.99 Å². The predicted molar refractivity (Wildman–Crippen MR) is 119 cm³/mol. The molecule has 0 unspecified atom stereocenters. The van der Waals surface area contributed by atoms with Gasteiger partial charge in [-0.3, -0.25) is 14.5 Å². The van der Waals surface area contributed by atoms with Crippen LogP contribution in [0.15, 0.2) is 47.5 Å². The second-order valence-corrected chi connectivity index (χ2v) is 8.09. The van der Waals surface area contributed by atoms with Crippen LogP contribution in [-0.2, 0) is 9.59 Å². The lowest BCUT2D eigenvalue weighted by Gasteiger charge is -2.13. The van der Waals surface area contributed by atoms with Crippen molar-refractivity contribution in [2.45, 2.75) is 18.6 Å². The van der Waals surface area contributed by atoms with E-state index in [0.29, 0.717) is 28.1 Å². The minimum absolute atomic E-state index is 0.00444. The first-order valence-corrected chi connectivity index (χ1v) is 10.5. The Labute approximate surface area is 183 Å².